The normalized spacial score (nSPS) is 9.47. The van der Waals surface area contributed by atoms with E-state index in [2.05, 4.69) is 0 Å². The zero-order valence-electron chi connectivity index (χ0n) is 10.4. The van der Waals surface area contributed by atoms with Crippen molar-refractivity contribution in [3.8, 4) is 6.07 Å². The third-order valence-electron chi connectivity index (χ3n) is 2.34. The highest BCUT2D eigenvalue weighted by Crippen LogP contribution is 2.19. The number of ether oxygens (including phenoxy) is 1. The summed E-state index contributed by atoms with van der Waals surface area (Å²) < 4.78 is 4.80. The second kappa shape index (κ2) is 6.96. The quantitative estimate of drug-likeness (QED) is 0.460. The van der Waals surface area contributed by atoms with Crippen LogP contribution in [0.1, 0.15) is 12.5 Å². The number of hydrogen-bond acceptors (Lipinski definition) is 5. The molecule has 0 aliphatic rings. The molecule has 19 heavy (non-hydrogen) atoms. The molecule has 7 nitrogen and oxygen atoms in total. The van der Waals surface area contributed by atoms with Crippen LogP contribution in [0.5, 0.6) is 0 Å². The van der Waals surface area contributed by atoms with Crippen molar-refractivity contribution in [3.63, 3.8) is 0 Å². The fourth-order valence-electron chi connectivity index (χ4n) is 1.51. The van der Waals surface area contributed by atoms with Gasteiger partial charge in [-0.15, -0.1) is 0 Å². The highest BCUT2D eigenvalue weighted by Gasteiger charge is 2.20. The monoisotopic (exact) mass is 263 g/mol. The van der Waals surface area contributed by atoms with Crippen LogP contribution in [-0.2, 0) is 11.3 Å². The summed E-state index contributed by atoms with van der Waals surface area (Å²) in [4.78, 5) is 23.1. The van der Waals surface area contributed by atoms with E-state index in [1.54, 1.807) is 25.1 Å². The summed E-state index contributed by atoms with van der Waals surface area (Å²) in [6, 6.07) is 7.91. The number of amides is 1. The average Bonchev–Trinajstić information content (AvgIpc) is 2.39. The molecule has 0 bridgehead atoms. The summed E-state index contributed by atoms with van der Waals surface area (Å²) in [5.74, 6) is 0. The van der Waals surface area contributed by atoms with Gasteiger partial charge in [0.1, 0.15) is 6.54 Å². The van der Waals surface area contributed by atoms with Gasteiger partial charge in [0.05, 0.1) is 24.1 Å². The maximum Gasteiger partial charge on any atom is 0.410 e. The summed E-state index contributed by atoms with van der Waals surface area (Å²) in [6.07, 6.45) is -0.665. The topological polar surface area (TPSA) is 96.5 Å². The molecule has 0 aliphatic heterocycles. The van der Waals surface area contributed by atoms with E-state index in [-0.39, 0.29) is 25.4 Å². The lowest BCUT2D eigenvalue weighted by atomic mass is 10.1. The first kappa shape index (κ1) is 14.4. The summed E-state index contributed by atoms with van der Waals surface area (Å²) in [5, 5.41) is 19.5. The van der Waals surface area contributed by atoms with Gasteiger partial charge in [-0.2, -0.15) is 5.26 Å². The first-order chi connectivity index (χ1) is 9.10. The van der Waals surface area contributed by atoms with Crippen LogP contribution in [-0.4, -0.2) is 29.1 Å². The third kappa shape index (κ3) is 3.96. The average molecular weight is 263 g/mol. The van der Waals surface area contributed by atoms with Crippen LogP contribution in [0, 0.1) is 21.4 Å². The third-order valence-corrected chi connectivity index (χ3v) is 2.34. The van der Waals surface area contributed by atoms with E-state index < -0.39 is 11.0 Å². The van der Waals surface area contributed by atoms with Gasteiger partial charge in [0, 0.05) is 11.6 Å². The van der Waals surface area contributed by atoms with E-state index in [0.29, 0.717) is 5.56 Å². The molecule has 0 aromatic heterocycles. The molecular formula is C12H13N3O4. The standard InChI is InChI=1S/C12H13N3O4/c1-2-19-12(16)14(8-7-13)9-10-5-3-4-6-11(10)15(17)18/h3-6H,2,8-9H2,1H3. The molecule has 100 valence electrons. The van der Waals surface area contributed by atoms with Gasteiger partial charge in [-0.05, 0) is 6.92 Å². The summed E-state index contributed by atoms with van der Waals surface area (Å²) in [7, 11) is 0. The van der Waals surface area contributed by atoms with Gasteiger partial charge < -0.3 is 4.74 Å². The van der Waals surface area contributed by atoms with E-state index in [1.807, 2.05) is 6.07 Å². The van der Waals surface area contributed by atoms with Crippen LogP contribution in [0.15, 0.2) is 24.3 Å². The van der Waals surface area contributed by atoms with Crippen molar-refractivity contribution in [1.82, 2.24) is 4.90 Å². The maximum absolute atomic E-state index is 11.6. The Morgan fingerprint density at radius 2 is 2.21 bits per heavy atom. The largest absolute Gasteiger partial charge is 0.450 e. The van der Waals surface area contributed by atoms with Gasteiger partial charge in [-0.25, -0.2) is 4.79 Å². The Labute approximate surface area is 110 Å². The Morgan fingerprint density at radius 3 is 2.79 bits per heavy atom. The van der Waals surface area contributed by atoms with Crippen molar-refractivity contribution in [2.45, 2.75) is 13.5 Å². The lowest BCUT2D eigenvalue weighted by Gasteiger charge is -2.18. The molecule has 1 amide bonds. The highest BCUT2D eigenvalue weighted by molar-refractivity contribution is 5.68. The summed E-state index contributed by atoms with van der Waals surface area (Å²) in [5.41, 5.74) is 0.269. The highest BCUT2D eigenvalue weighted by atomic mass is 16.6. The molecule has 0 spiro atoms. The van der Waals surface area contributed by atoms with Crippen molar-refractivity contribution < 1.29 is 14.5 Å². The van der Waals surface area contributed by atoms with Crippen LogP contribution >= 0.6 is 0 Å². The van der Waals surface area contributed by atoms with Gasteiger partial charge in [0.2, 0.25) is 0 Å². The van der Waals surface area contributed by atoms with Crippen molar-refractivity contribution in [1.29, 1.82) is 5.26 Å². The second-order valence-corrected chi connectivity index (χ2v) is 3.60. The van der Waals surface area contributed by atoms with Gasteiger partial charge in [0.15, 0.2) is 0 Å². The number of nitro groups is 1. The number of nitriles is 1. The number of hydrogen-bond donors (Lipinski definition) is 0. The van der Waals surface area contributed by atoms with Gasteiger partial charge in [0.25, 0.3) is 5.69 Å². The summed E-state index contributed by atoms with van der Waals surface area (Å²) in [6.45, 7) is 1.60. The molecule has 0 unspecified atom stereocenters. The van der Waals surface area contributed by atoms with Crippen molar-refractivity contribution >= 4 is 11.8 Å². The molecule has 0 N–H and O–H groups in total. The predicted molar refractivity (Wildman–Crippen MR) is 66.1 cm³/mol. The predicted octanol–water partition coefficient (Wildman–Crippen LogP) is 2.08. The van der Waals surface area contributed by atoms with Crippen LogP contribution in [0.25, 0.3) is 0 Å². The molecule has 0 heterocycles. The van der Waals surface area contributed by atoms with Crippen LogP contribution in [0.4, 0.5) is 10.5 Å². The minimum absolute atomic E-state index is 0.0381. The van der Waals surface area contributed by atoms with Gasteiger partial charge >= 0.3 is 6.09 Å². The molecule has 7 heteroatoms. The second-order valence-electron chi connectivity index (χ2n) is 3.60. The molecule has 0 saturated carbocycles. The molecule has 0 fully saturated rings. The summed E-state index contributed by atoms with van der Waals surface area (Å²) >= 11 is 0. The molecular weight excluding hydrogens is 250 g/mol. The minimum atomic E-state index is -0.665. The number of para-hydroxylation sites is 1. The minimum Gasteiger partial charge on any atom is -0.450 e. The Kier molecular flexibility index (Phi) is 5.29. The first-order valence-electron chi connectivity index (χ1n) is 5.61. The molecule has 0 radical (unpaired) electrons. The smallest absolute Gasteiger partial charge is 0.410 e. The zero-order chi connectivity index (χ0) is 14.3. The SMILES string of the molecule is CCOC(=O)N(CC#N)Cc1ccccc1[N+](=O)[O-]. The Balaban J connectivity index is 2.94. The van der Waals surface area contributed by atoms with E-state index in [4.69, 9.17) is 10.00 Å². The van der Waals surface area contributed by atoms with Crippen LogP contribution < -0.4 is 0 Å². The number of nitro benzene ring substituents is 1. The Bertz CT molecular complexity index is 510. The fourth-order valence-corrected chi connectivity index (χ4v) is 1.51. The molecule has 0 aliphatic carbocycles. The van der Waals surface area contributed by atoms with E-state index in [1.165, 1.54) is 6.07 Å². The number of carbonyl (C=O) groups excluding carboxylic acids is 1. The molecule has 1 aromatic rings. The van der Waals surface area contributed by atoms with Crippen LogP contribution in [0.3, 0.4) is 0 Å². The van der Waals surface area contributed by atoms with Crippen molar-refractivity contribution in [2.75, 3.05) is 13.2 Å². The number of benzene rings is 1. The molecule has 1 aromatic carbocycles. The molecule has 0 atom stereocenters. The Hall–Kier alpha value is -2.62. The first-order valence-corrected chi connectivity index (χ1v) is 5.61. The number of carbonyl (C=O) groups is 1. The fraction of sp³-hybridized carbons (Fsp3) is 0.333. The van der Waals surface area contributed by atoms with Gasteiger partial charge in [-0.1, -0.05) is 18.2 Å². The van der Waals surface area contributed by atoms with E-state index in [0.717, 1.165) is 4.90 Å². The van der Waals surface area contributed by atoms with Crippen molar-refractivity contribution in [2.24, 2.45) is 0 Å². The Morgan fingerprint density at radius 1 is 1.53 bits per heavy atom. The lowest BCUT2D eigenvalue weighted by Crippen LogP contribution is -2.31. The number of nitrogens with zero attached hydrogens (tertiary/aromatic N) is 3. The molecule has 1 rings (SSSR count). The van der Waals surface area contributed by atoms with Crippen molar-refractivity contribution in [3.05, 3.63) is 39.9 Å². The van der Waals surface area contributed by atoms with E-state index in [9.17, 15) is 14.9 Å². The molecule has 0 saturated heterocycles. The lowest BCUT2D eigenvalue weighted by molar-refractivity contribution is -0.385. The van der Waals surface area contributed by atoms with Crippen LogP contribution in [0.2, 0.25) is 0 Å². The number of rotatable bonds is 5. The maximum atomic E-state index is 11.6. The van der Waals surface area contributed by atoms with E-state index >= 15 is 0 Å². The van der Waals surface area contributed by atoms with Gasteiger partial charge in [-0.3, -0.25) is 15.0 Å². The zero-order valence-corrected chi connectivity index (χ0v) is 10.4.